The molecular weight excluding hydrogens is 396 g/mol. The number of nitrogens with zero attached hydrogens (tertiary/aromatic N) is 2. The van der Waals surface area contributed by atoms with Crippen molar-refractivity contribution in [2.45, 2.75) is 6.42 Å². The van der Waals surface area contributed by atoms with Crippen molar-refractivity contribution < 1.29 is 14.3 Å². The monoisotopic (exact) mass is 424 g/mol. The highest BCUT2D eigenvalue weighted by Gasteiger charge is 2.21. The van der Waals surface area contributed by atoms with Gasteiger partial charge in [-0.2, -0.15) is 0 Å². The van der Waals surface area contributed by atoms with Gasteiger partial charge in [0.05, 0.1) is 20.3 Å². The minimum Gasteiger partial charge on any atom is -0.497 e. The lowest BCUT2D eigenvalue weighted by atomic mass is 10.1. The van der Waals surface area contributed by atoms with Crippen LogP contribution in [0.3, 0.4) is 0 Å². The fourth-order valence-electron chi connectivity index (χ4n) is 3.75. The molecular formula is C24H28N2O3S. The Morgan fingerprint density at radius 3 is 2.57 bits per heavy atom. The molecule has 0 saturated carbocycles. The number of hydrogen-bond donors (Lipinski definition) is 0. The molecule has 5 nitrogen and oxygen atoms in total. The molecule has 4 rings (SSSR count). The van der Waals surface area contributed by atoms with Gasteiger partial charge in [0, 0.05) is 43.0 Å². The topological polar surface area (TPSA) is 42.0 Å². The zero-order valence-corrected chi connectivity index (χ0v) is 18.2. The number of benzene rings is 2. The molecule has 0 unspecified atom stereocenters. The predicted molar refractivity (Wildman–Crippen MR) is 122 cm³/mol. The SMILES string of the molecule is COc1ccc(C(=O)N2CCN(CCOCCc3ccc4sccc4c3)CC2)cc1. The van der Waals surface area contributed by atoms with Crippen LogP contribution in [0.5, 0.6) is 5.75 Å². The molecule has 6 heteroatoms. The van der Waals surface area contributed by atoms with E-state index in [1.54, 1.807) is 18.4 Å². The highest BCUT2D eigenvalue weighted by atomic mass is 32.1. The van der Waals surface area contributed by atoms with Crippen molar-refractivity contribution in [3.8, 4) is 5.75 Å². The summed E-state index contributed by atoms with van der Waals surface area (Å²) < 4.78 is 12.4. The number of methoxy groups -OCH3 is 1. The lowest BCUT2D eigenvalue weighted by Crippen LogP contribution is -2.49. The van der Waals surface area contributed by atoms with Crippen LogP contribution in [0.15, 0.2) is 53.9 Å². The van der Waals surface area contributed by atoms with Crippen molar-refractivity contribution in [1.82, 2.24) is 9.80 Å². The van der Waals surface area contributed by atoms with Gasteiger partial charge in [0.2, 0.25) is 0 Å². The first kappa shape index (κ1) is 20.8. The van der Waals surface area contributed by atoms with Gasteiger partial charge in [0.25, 0.3) is 5.91 Å². The number of carbonyl (C=O) groups is 1. The highest BCUT2D eigenvalue weighted by Crippen LogP contribution is 2.22. The zero-order valence-electron chi connectivity index (χ0n) is 17.4. The van der Waals surface area contributed by atoms with Gasteiger partial charge in [-0.1, -0.05) is 12.1 Å². The van der Waals surface area contributed by atoms with Crippen molar-refractivity contribution in [2.75, 3.05) is 53.0 Å². The van der Waals surface area contributed by atoms with Crippen molar-refractivity contribution >= 4 is 27.3 Å². The van der Waals surface area contributed by atoms with Crippen LogP contribution in [0, 0.1) is 0 Å². The van der Waals surface area contributed by atoms with Crippen molar-refractivity contribution in [3.05, 3.63) is 65.0 Å². The second kappa shape index (κ2) is 10.1. The third-order valence-electron chi connectivity index (χ3n) is 5.60. The van der Waals surface area contributed by atoms with E-state index in [4.69, 9.17) is 9.47 Å². The van der Waals surface area contributed by atoms with E-state index in [1.807, 2.05) is 29.2 Å². The molecule has 30 heavy (non-hydrogen) atoms. The van der Waals surface area contributed by atoms with Crippen molar-refractivity contribution in [1.29, 1.82) is 0 Å². The zero-order chi connectivity index (χ0) is 20.8. The van der Waals surface area contributed by atoms with E-state index in [1.165, 1.54) is 15.6 Å². The molecule has 1 aromatic heterocycles. The number of ether oxygens (including phenoxy) is 2. The van der Waals surface area contributed by atoms with Crippen LogP contribution in [0.1, 0.15) is 15.9 Å². The van der Waals surface area contributed by atoms with Gasteiger partial charge < -0.3 is 14.4 Å². The summed E-state index contributed by atoms with van der Waals surface area (Å²) in [6, 6.07) is 16.1. The van der Waals surface area contributed by atoms with Crippen LogP contribution in [0.2, 0.25) is 0 Å². The quantitative estimate of drug-likeness (QED) is 0.514. The molecule has 0 radical (unpaired) electrons. The summed E-state index contributed by atoms with van der Waals surface area (Å²) in [6.07, 6.45) is 0.940. The minimum absolute atomic E-state index is 0.0937. The molecule has 1 saturated heterocycles. The summed E-state index contributed by atoms with van der Waals surface area (Å²) in [7, 11) is 1.63. The Morgan fingerprint density at radius 2 is 1.80 bits per heavy atom. The van der Waals surface area contributed by atoms with Gasteiger partial charge in [0.15, 0.2) is 0 Å². The molecule has 2 aromatic carbocycles. The molecule has 1 amide bonds. The third-order valence-corrected chi connectivity index (χ3v) is 6.50. The van der Waals surface area contributed by atoms with Crippen LogP contribution in [0.25, 0.3) is 10.1 Å². The van der Waals surface area contributed by atoms with Crippen LogP contribution in [-0.4, -0.2) is 68.8 Å². The normalized spacial score (nSPS) is 14.9. The summed E-state index contributed by atoms with van der Waals surface area (Å²) in [5, 5.41) is 3.45. The maximum absolute atomic E-state index is 12.6. The number of carbonyl (C=O) groups excluding carboxylic acids is 1. The lowest BCUT2D eigenvalue weighted by molar-refractivity contribution is 0.0555. The lowest BCUT2D eigenvalue weighted by Gasteiger charge is -2.34. The molecule has 0 spiro atoms. The Morgan fingerprint density at radius 1 is 1.00 bits per heavy atom. The third kappa shape index (κ3) is 5.19. The van der Waals surface area contributed by atoms with Crippen LogP contribution in [-0.2, 0) is 11.2 Å². The maximum Gasteiger partial charge on any atom is 0.253 e. The molecule has 1 aliphatic heterocycles. The molecule has 158 valence electrons. The fraction of sp³-hybridized carbons (Fsp3) is 0.375. The molecule has 0 bridgehead atoms. The van der Waals surface area contributed by atoms with E-state index in [2.05, 4.69) is 34.5 Å². The smallest absolute Gasteiger partial charge is 0.253 e. The van der Waals surface area contributed by atoms with E-state index in [9.17, 15) is 4.79 Å². The first-order valence-electron chi connectivity index (χ1n) is 10.4. The Hall–Kier alpha value is -2.41. The van der Waals surface area contributed by atoms with E-state index in [0.717, 1.165) is 58.1 Å². The van der Waals surface area contributed by atoms with E-state index in [-0.39, 0.29) is 5.91 Å². The number of fused-ring (bicyclic) bond motifs is 1. The van der Waals surface area contributed by atoms with Crippen LogP contribution in [0.4, 0.5) is 0 Å². The van der Waals surface area contributed by atoms with E-state index >= 15 is 0 Å². The Labute approximate surface area is 181 Å². The average Bonchev–Trinajstić information content (AvgIpc) is 3.27. The molecule has 0 aliphatic carbocycles. The second-order valence-electron chi connectivity index (χ2n) is 7.52. The summed E-state index contributed by atoms with van der Waals surface area (Å²) in [6.45, 7) is 5.67. The largest absolute Gasteiger partial charge is 0.497 e. The molecule has 3 aromatic rings. The number of thiophene rings is 1. The van der Waals surface area contributed by atoms with Gasteiger partial charge >= 0.3 is 0 Å². The summed E-state index contributed by atoms with van der Waals surface area (Å²) in [5.41, 5.74) is 2.04. The first-order valence-corrected chi connectivity index (χ1v) is 11.3. The minimum atomic E-state index is 0.0937. The highest BCUT2D eigenvalue weighted by molar-refractivity contribution is 7.17. The van der Waals surface area contributed by atoms with Gasteiger partial charge in [0.1, 0.15) is 5.75 Å². The fourth-order valence-corrected chi connectivity index (χ4v) is 4.52. The predicted octanol–water partition coefficient (Wildman–Crippen LogP) is 3.93. The van der Waals surface area contributed by atoms with Gasteiger partial charge in [-0.3, -0.25) is 9.69 Å². The number of hydrogen-bond acceptors (Lipinski definition) is 5. The number of piperazine rings is 1. The van der Waals surface area contributed by atoms with Crippen molar-refractivity contribution in [2.24, 2.45) is 0 Å². The average molecular weight is 425 g/mol. The Bertz CT molecular complexity index is 962. The molecule has 0 atom stereocenters. The Balaban J connectivity index is 1.14. The standard InChI is InChI=1S/C24H28N2O3S/c1-28-22-5-3-20(4-6-22)24(27)26-12-10-25(11-13-26)14-16-29-15-8-19-2-7-23-21(18-19)9-17-30-23/h2-7,9,17-18H,8,10-16H2,1H3. The molecule has 2 heterocycles. The second-order valence-corrected chi connectivity index (χ2v) is 8.47. The van der Waals surface area contributed by atoms with Gasteiger partial charge in [-0.25, -0.2) is 0 Å². The summed E-state index contributed by atoms with van der Waals surface area (Å²) >= 11 is 1.78. The number of amides is 1. The van der Waals surface area contributed by atoms with Gasteiger partial charge in [-0.05, 0) is 59.1 Å². The summed E-state index contributed by atoms with van der Waals surface area (Å²) in [5.74, 6) is 0.861. The van der Waals surface area contributed by atoms with Gasteiger partial charge in [-0.15, -0.1) is 11.3 Å². The number of rotatable bonds is 8. The molecule has 1 aliphatic rings. The first-order chi connectivity index (χ1) is 14.7. The molecule has 0 N–H and O–H groups in total. The van der Waals surface area contributed by atoms with E-state index < -0.39 is 0 Å². The summed E-state index contributed by atoms with van der Waals surface area (Å²) in [4.78, 5) is 16.9. The Kier molecular flexibility index (Phi) is 7.00. The van der Waals surface area contributed by atoms with Crippen LogP contribution >= 0.6 is 11.3 Å². The maximum atomic E-state index is 12.6. The van der Waals surface area contributed by atoms with Crippen LogP contribution < -0.4 is 4.74 Å². The van der Waals surface area contributed by atoms with E-state index in [0.29, 0.717) is 5.56 Å². The van der Waals surface area contributed by atoms with Crippen molar-refractivity contribution in [3.63, 3.8) is 0 Å². The molecule has 1 fully saturated rings.